The fraction of sp³-hybridized carbons (Fsp3) is 0.161. The number of benzene rings is 2. The first kappa shape index (κ1) is 29.5. The standard InChI is InChI=1S/C31H26ClFN6O4S/c1-42-11-10-39(29(41)17-40)16-18-2-5-23(35-15-18)28-14-25-30(44-28)27(8-9-34-25)43-26-7-4-20(13-21(26)33)36-31-37-22-6-3-19(32)12-24(22)38-31/h2-9,12-15,40H,10-11,16-17H2,1H3,(H2,36,37,38). The number of thiophene rings is 1. The molecule has 224 valence electrons. The molecule has 13 heteroatoms. The average Bonchev–Trinajstić information content (AvgIpc) is 3.64. The van der Waals surface area contributed by atoms with E-state index >= 15 is 4.39 Å². The van der Waals surface area contributed by atoms with Gasteiger partial charge in [-0.2, -0.15) is 0 Å². The van der Waals surface area contributed by atoms with Crippen LogP contribution in [-0.4, -0.2) is 62.7 Å². The molecule has 44 heavy (non-hydrogen) atoms. The molecule has 0 saturated heterocycles. The van der Waals surface area contributed by atoms with Crippen LogP contribution in [0.2, 0.25) is 5.02 Å². The zero-order valence-corrected chi connectivity index (χ0v) is 25.0. The normalized spacial score (nSPS) is 11.3. The Hall–Kier alpha value is -4.62. The van der Waals surface area contributed by atoms with E-state index in [2.05, 4.69) is 25.3 Å². The molecule has 0 fully saturated rings. The third-order valence-electron chi connectivity index (χ3n) is 6.74. The third-order valence-corrected chi connectivity index (χ3v) is 8.13. The van der Waals surface area contributed by atoms with Gasteiger partial charge in [0.2, 0.25) is 11.9 Å². The number of anilines is 2. The average molecular weight is 633 g/mol. The first-order valence-corrected chi connectivity index (χ1v) is 14.7. The minimum Gasteiger partial charge on any atom is -0.453 e. The Morgan fingerprint density at radius 2 is 1.98 bits per heavy atom. The van der Waals surface area contributed by atoms with Gasteiger partial charge in [0.05, 0.1) is 38.4 Å². The number of halogens is 2. The van der Waals surface area contributed by atoms with E-state index in [9.17, 15) is 9.90 Å². The molecule has 0 saturated carbocycles. The fourth-order valence-corrected chi connectivity index (χ4v) is 5.77. The number of aliphatic hydroxyl groups is 1. The summed E-state index contributed by atoms with van der Waals surface area (Å²) in [4.78, 5) is 31.0. The molecule has 0 atom stereocenters. The minimum absolute atomic E-state index is 0.0623. The monoisotopic (exact) mass is 632 g/mol. The molecule has 6 rings (SSSR count). The lowest BCUT2D eigenvalue weighted by Gasteiger charge is -2.21. The number of imidazole rings is 1. The van der Waals surface area contributed by atoms with E-state index in [1.807, 2.05) is 18.2 Å². The van der Waals surface area contributed by atoms with Crippen LogP contribution in [0.3, 0.4) is 0 Å². The Kier molecular flexibility index (Phi) is 8.66. The maximum absolute atomic E-state index is 15.2. The number of nitrogens with zero attached hydrogens (tertiary/aromatic N) is 4. The van der Waals surface area contributed by atoms with Crippen LogP contribution in [-0.2, 0) is 16.1 Å². The number of hydrogen-bond acceptors (Lipinski definition) is 9. The topological polar surface area (TPSA) is 125 Å². The molecule has 6 aromatic rings. The van der Waals surface area contributed by atoms with Crippen molar-refractivity contribution < 1.29 is 23.8 Å². The second kappa shape index (κ2) is 12.9. The Balaban J connectivity index is 1.17. The summed E-state index contributed by atoms with van der Waals surface area (Å²) in [5.74, 6) is 0.0576. The van der Waals surface area contributed by atoms with Gasteiger partial charge >= 0.3 is 0 Å². The summed E-state index contributed by atoms with van der Waals surface area (Å²) in [6.07, 6.45) is 3.31. The van der Waals surface area contributed by atoms with Gasteiger partial charge < -0.3 is 29.8 Å². The highest BCUT2D eigenvalue weighted by atomic mass is 35.5. The van der Waals surface area contributed by atoms with Gasteiger partial charge in [-0.05, 0) is 48.0 Å². The third kappa shape index (κ3) is 6.48. The van der Waals surface area contributed by atoms with E-state index in [-0.39, 0.29) is 11.7 Å². The summed E-state index contributed by atoms with van der Waals surface area (Å²) in [7, 11) is 1.56. The lowest BCUT2D eigenvalue weighted by atomic mass is 10.2. The number of carbonyl (C=O) groups excluding carboxylic acids is 1. The zero-order valence-electron chi connectivity index (χ0n) is 23.4. The summed E-state index contributed by atoms with van der Waals surface area (Å²) in [6.45, 7) is 0.450. The van der Waals surface area contributed by atoms with Crippen molar-refractivity contribution in [3.63, 3.8) is 0 Å². The van der Waals surface area contributed by atoms with Gasteiger partial charge in [0, 0.05) is 55.4 Å². The van der Waals surface area contributed by atoms with Gasteiger partial charge in [-0.15, -0.1) is 11.3 Å². The molecule has 0 spiro atoms. The molecule has 4 aromatic heterocycles. The van der Waals surface area contributed by atoms with Crippen LogP contribution >= 0.6 is 22.9 Å². The van der Waals surface area contributed by atoms with Crippen molar-refractivity contribution in [2.24, 2.45) is 0 Å². The molecule has 0 unspecified atom stereocenters. The number of fused-ring (bicyclic) bond motifs is 2. The predicted octanol–water partition coefficient (Wildman–Crippen LogP) is 6.53. The van der Waals surface area contributed by atoms with Gasteiger partial charge in [-0.1, -0.05) is 17.7 Å². The first-order chi connectivity index (χ1) is 21.4. The molecule has 3 N–H and O–H groups in total. The maximum atomic E-state index is 15.2. The van der Waals surface area contributed by atoms with Crippen molar-refractivity contribution in [2.45, 2.75) is 6.54 Å². The summed E-state index contributed by atoms with van der Waals surface area (Å²) in [5, 5.41) is 12.9. The minimum atomic E-state index is -0.572. The van der Waals surface area contributed by atoms with E-state index in [4.69, 9.17) is 21.1 Å². The van der Waals surface area contributed by atoms with Crippen molar-refractivity contribution >= 4 is 61.7 Å². The van der Waals surface area contributed by atoms with E-state index in [1.54, 1.807) is 55.9 Å². The molecular weight excluding hydrogens is 607 g/mol. The number of pyridine rings is 2. The largest absolute Gasteiger partial charge is 0.453 e. The zero-order chi connectivity index (χ0) is 30.6. The Bertz CT molecular complexity index is 1950. The summed E-state index contributed by atoms with van der Waals surface area (Å²) >= 11 is 7.48. The SMILES string of the molecule is COCCN(Cc1ccc(-c2cc3nccc(Oc4ccc(Nc5nc6ccc(Cl)cc6[nH]5)cc4F)c3s2)nc1)C(=O)CO. The predicted molar refractivity (Wildman–Crippen MR) is 168 cm³/mol. The van der Waals surface area contributed by atoms with Crippen molar-refractivity contribution in [2.75, 3.05) is 32.2 Å². The molecule has 2 aromatic carbocycles. The number of carbonyl (C=O) groups is 1. The van der Waals surface area contributed by atoms with Crippen LogP contribution in [0.5, 0.6) is 11.5 Å². The molecule has 0 aliphatic carbocycles. The number of aliphatic hydroxyl groups excluding tert-OH is 1. The number of amides is 1. The fourth-order valence-electron chi connectivity index (χ4n) is 4.56. The van der Waals surface area contributed by atoms with Crippen LogP contribution in [0.4, 0.5) is 16.0 Å². The van der Waals surface area contributed by atoms with Gasteiger partial charge in [0.15, 0.2) is 11.6 Å². The number of nitrogens with one attached hydrogen (secondary N) is 2. The van der Waals surface area contributed by atoms with Gasteiger partial charge in [-0.3, -0.25) is 14.8 Å². The number of aromatic nitrogens is 4. The smallest absolute Gasteiger partial charge is 0.248 e. The van der Waals surface area contributed by atoms with E-state index in [0.29, 0.717) is 53.3 Å². The number of methoxy groups -OCH3 is 1. The molecule has 0 radical (unpaired) electrons. The first-order valence-electron chi connectivity index (χ1n) is 13.5. The van der Waals surface area contributed by atoms with Crippen LogP contribution in [0.15, 0.2) is 73.1 Å². The number of H-pyrrole nitrogens is 1. The number of rotatable bonds is 11. The quantitative estimate of drug-likeness (QED) is 0.147. The van der Waals surface area contributed by atoms with Crippen molar-refractivity contribution in [3.05, 3.63) is 89.5 Å². The lowest BCUT2D eigenvalue weighted by Crippen LogP contribution is -2.35. The van der Waals surface area contributed by atoms with Crippen LogP contribution < -0.4 is 10.1 Å². The van der Waals surface area contributed by atoms with Gasteiger partial charge in [-0.25, -0.2) is 9.37 Å². The summed E-state index contributed by atoms with van der Waals surface area (Å²) in [6, 6.07) is 17.3. The van der Waals surface area contributed by atoms with Crippen LogP contribution in [0, 0.1) is 5.82 Å². The molecule has 0 aliphatic heterocycles. The van der Waals surface area contributed by atoms with Crippen LogP contribution in [0.25, 0.3) is 31.8 Å². The van der Waals surface area contributed by atoms with Gasteiger partial charge in [0.25, 0.3) is 0 Å². The number of ether oxygens (including phenoxy) is 2. The van der Waals surface area contributed by atoms with E-state index < -0.39 is 12.4 Å². The van der Waals surface area contributed by atoms with Gasteiger partial charge in [0.1, 0.15) is 12.4 Å². The maximum Gasteiger partial charge on any atom is 0.248 e. The molecule has 1 amide bonds. The second-order valence-corrected chi connectivity index (χ2v) is 11.3. The highest BCUT2D eigenvalue weighted by Gasteiger charge is 2.16. The van der Waals surface area contributed by atoms with Crippen molar-refractivity contribution in [1.82, 2.24) is 24.8 Å². The molecule has 0 bridgehead atoms. The highest BCUT2D eigenvalue weighted by Crippen LogP contribution is 2.39. The van der Waals surface area contributed by atoms with E-state index in [0.717, 1.165) is 26.2 Å². The molecule has 4 heterocycles. The molecule has 10 nitrogen and oxygen atoms in total. The Morgan fingerprint density at radius 1 is 1.09 bits per heavy atom. The lowest BCUT2D eigenvalue weighted by molar-refractivity contribution is -0.135. The summed E-state index contributed by atoms with van der Waals surface area (Å²) < 4.78 is 27.0. The number of hydrogen-bond donors (Lipinski definition) is 3. The molecule has 0 aliphatic rings. The van der Waals surface area contributed by atoms with Crippen molar-refractivity contribution in [3.8, 4) is 22.1 Å². The Labute approximate surface area is 260 Å². The Morgan fingerprint density at radius 3 is 2.75 bits per heavy atom. The highest BCUT2D eigenvalue weighted by molar-refractivity contribution is 7.22. The summed E-state index contributed by atoms with van der Waals surface area (Å²) in [5.41, 5.74) is 4.22. The number of aromatic amines is 1. The van der Waals surface area contributed by atoms with E-state index in [1.165, 1.54) is 22.3 Å². The second-order valence-electron chi connectivity index (χ2n) is 9.77. The van der Waals surface area contributed by atoms with Crippen molar-refractivity contribution in [1.29, 1.82) is 0 Å². The van der Waals surface area contributed by atoms with Crippen LogP contribution in [0.1, 0.15) is 5.56 Å². The molecular formula is C31H26ClFN6O4S.